The monoisotopic (exact) mass is 650 g/mol. The van der Waals surface area contributed by atoms with Gasteiger partial charge in [0.05, 0.1) is 10.7 Å². The Morgan fingerprint density at radius 2 is 1.64 bits per heavy atom. The lowest BCUT2D eigenvalue weighted by Crippen LogP contribution is -2.43. The average molecular weight is 651 g/mol. The Labute approximate surface area is 258 Å². The van der Waals surface area contributed by atoms with E-state index in [1.165, 1.54) is 28.2 Å². The highest BCUT2D eigenvalue weighted by Crippen LogP contribution is 2.41. The summed E-state index contributed by atoms with van der Waals surface area (Å²) in [6, 6.07) is 10.7. The van der Waals surface area contributed by atoms with Gasteiger partial charge in [0.25, 0.3) is 0 Å². The Kier molecular flexibility index (Phi) is 9.83. The van der Waals surface area contributed by atoms with Gasteiger partial charge in [0.2, 0.25) is 5.91 Å². The molecule has 2 aromatic carbocycles. The predicted molar refractivity (Wildman–Crippen MR) is 159 cm³/mol. The summed E-state index contributed by atoms with van der Waals surface area (Å²) in [5, 5.41) is 24.7. The number of alkyl halides is 3. The molecular formula is C29H27ClF4N6O5. The molecule has 0 saturated carbocycles. The number of aliphatic carboxylic acids is 1. The van der Waals surface area contributed by atoms with E-state index in [4.69, 9.17) is 21.5 Å². The molecule has 1 fully saturated rings. The number of aryl methyl sites for hydroxylation is 1. The zero-order valence-corrected chi connectivity index (χ0v) is 24.6. The van der Waals surface area contributed by atoms with Gasteiger partial charge in [-0.2, -0.15) is 13.2 Å². The highest BCUT2D eigenvalue weighted by atomic mass is 35.5. The number of aromatic hydroxyl groups is 1. The van der Waals surface area contributed by atoms with Crippen LogP contribution in [0.25, 0.3) is 27.9 Å². The SMILES string of the molecule is CC(=O)Nc1cc(-c2cc(F)cc(-c3ccc(-n4ccn(C)c4=O)c(Cl)c3)c2O)cc(N2CCNCC2)n1.O=C(O)C(F)(F)F. The number of rotatable bonds is 5. The van der Waals surface area contributed by atoms with E-state index in [0.717, 1.165) is 13.1 Å². The lowest BCUT2D eigenvalue weighted by Gasteiger charge is -2.29. The largest absolute Gasteiger partial charge is 0.507 e. The quantitative estimate of drug-likeness (QED) is 0.233. The van der Waals surface area contributed by atoms with Gasteiger partial charge in [-0.05, 0) is 47.5 Å². The Hall–Kier alpha value is -4.89. The number of carbonyl (C=O) groups excluding carboxylic acids is 1. The minimum absolute atomic E-state index is 0.154. The molecule has 0 unspecified atom stereocenters. The molecule has 0 radical (unpaired) electrons. The molecule has 4 N–H and O–H groups in total. The number of hydrogen-bond donors (Lipinski definition) is 4. The molecule has 45 heavy (non-hydrogen) atoms. The van der Waals surface area contributed by atoms with Crippen molar-refractivity contribution in [2.24, 2.45) is 7.05 Å². The van der Waals surface area contributed by atoms with E-state index in [-0.39, 0.29) is 33.5 Å². The van der Waals surface area contributed by atoms with Crippen molar-refractivity contribution in [2.75, 3.05) is 36.4 Å². The number of halogens is 5. The summed E-state index contributed by atoms with van der Waals surface area (Å²) in [5.74, 6) is -2.86. The second-order valence-electron chi connectivity index (χ2n) is 9.90. The number of nitrogens with zero attached hydrogens (tertiary/aromatic N) is 4. The summed E-state index contributed by atoms with van der Waals surface area (Å²) in [6.07, 6.45) is -1.86. The third-order valence-corrected chi connectivity index (χ3v) is 6.95. The molecular weight excluding hydrogens is 624 g/mol. The molecule has 1 amide bonds. The van der Waals surface area contributed by atoms with E-state index in [1.807, 2.05) is 0 Å². The summed E-state index contributed by atoms with van der Waals surface area (Å²) < 4.78 is 49.5. The number of benzene rings is 2. The molecule has 5 rings (SSSR count). The van der Waals surface area contributed by atoms with E-state index < -0.39 is 18.0 Å². The van der Waals surface area contributed by atoms with Gasteiger partial charge in [-0.15, -0.1) is 0 Å². The van der Waals surface area contributed by atoms with Gasteiger partial charge in [0.15, 0.2) is 0 Å². The number of aromatic nitrogens is 3. The maximum absolute atomic E-state index is 14.9. The fourth-order valence-corrected chi connectivity index (χ4v) is 4.80. The standard InChI is InChI=1S/C27H26ClFN6O3.C2HF3O2/c1-16(36)31-24-12-18(13-25(32-24)34-7-5-30-6-8-34)21-15-19(29)14-20(26(21)37)17-3-4-23(22(28)11-17)35-10-9-33(2)27(35)38;3-2(4,5)1(6)7/h3-4,9-15,30,37H,5-8H2,1-2H3,(H,31,32,36);(H,6,7). The average Bonchev–Trinajstić information content (AvgIpc) is 3.31. The van der Waals surface area contributed by atoms with Crippen LogP contribution in [0.3, 0.4) is 0 Å². The number of carboxylic acid groups (broad SMARTS) is 1. The van der Waals surface area contributed by atoms with Crippen molar-refractivity contribution in [3.63, 3.8) is 0 Å². The molecule has 238 valence electrons. The Bertz CT molecular complexity index is 1800. The number of phenols is 1. The maximum atomic E-state index is 14.9. The van der Waals surface area contributed by atoms with Gasteiger partial charge in [-0.25, -0.2) is 19.0 Å². The van der Waals surface area contributed by atoms with Crippen LogP contribution in [0, 0.1) is 5.82 Å². The van der Waals surface area contributed by atoms with Crippen molar-refractivity contribution in [3.8, 4) is 33.7 Å². The first-order valence-corrected chi connectivity index (χ1v) is 13.7. The van der Waals surface area contributed by atoms with Gasteiger partial charge in [-0.1, -0.05) is 17.7 Å². The molecule has 0 atom stereocenters. The molecule has 0 bridgehead atoms. The second-order valence-corrected chi connectivity index (χ2v) is 10.3. The van der Waals surface area contributed by atoms with Gasteiger partial charge in [-0.3, -0.25) is 9.36 Å². The fraction of sp³-hybridized carbons (Fsp3) is 0.241. The van der Waals surface area contributed by atoms with Crippen LogP contribution >= 0.6 is 11.6 Å². The third kappa shape index (κ3) is 7.80. The number of pyridine rings is 1. The van der Waals surface area contributed by atoms with Crippen LogP contribution in [0.5, 0.6) is 5.75 Å². The lowest BCUT2D eigenvalue weighted by atomic mass is 9.97. The van der Waals surface area contributed by atoms with Crippen LogP contribution < -0.4 is 21.2 Å². The summed E-state index contributed by atoms with van der Waals surface area (Å²) >= 11 is 6.52. The predicted octanol–water partition coefficient (Wildman–Crippen LogP) is 4.40. The Morgan fingerprint density at radius 1 is 1.02 bits per heavy atom. The topological polar surface area (TPSA) is 142 Å². The summed E-state index contributed by atoms with van der Waals surface area (Å²) in [7, 11) is 1.64. The Morgan fingerprint density at radius 3 is 2.18 bits per heavy atom. The van der Waals surface area contributed by atoms with Gasteiger partial charge in [0, 0.05) is 63.7 Å². The van der Waals surface area contributed by atoms with Crippen LogP contribution in [0.1, 0.15) is 6.92 Å². The van der Waals surface area contributed by atoms with E-state index in [0.29, 0.717) is 41.5 Å². The van der Waals surface area contributed by atoms with Gasteiger partial charge >= 0.3 is 17.8 Å². The minimum Gasteiger partial charge on any atom is -0.507 e. The van der Waals surface area contributed by atoms with Gasteiger partial charge in [0.1, 0.15) is 23.2 Å². The minimum atomic E-state index is -5.08. The molecule has 16 heteroatoms. The van der Waals surface area contributed by atoms with E-state index in [2.05, 4.69) is 20.5 Å². The normalized spacial score (nSPS) is 13.2. The third-order valence-electron chi connectivity index (χ3n) is 6.65. The van der Waals surface area contributed by atoms with Crippen molar-refractivity contribution in [3.05, 3.63) is 76.2 Å². The first-order chi connectivity index (χ1) is 21.1. The number of carbonyl (C=O) groups is 2. The van der Waals surface area contributed by atoms with Crippen molar-refractivity contribution in [2.45, 2.75) is 13.1 Å². The molecule has 0 aliphatic carbocycles. The van der Waals surface area contributed by atoms with E-state index in [1.54, 1.807) is 49.8 Å². The summed E-state index contributed by atoms with van der Waals surface area (Å²) in [5.41, 5.74) is 1.64. The number of nitrogens with one attached hydrogen (secondary N) is 2. The Balaban J connectivity index is 0.000000591. The molecule has 1 saturated heterocycles. The molecule has 3 heterocycles. The number of anilines is 2. The summed E-state index contributed by atoms with van der Waals surface area (Å²) in [6.45, 7) is 4.37. The van der Waals surface area contributed by atoms with Crippen molar-refractivity contribution >= 4 is 35.1 Å². The molecule has 0 spiro atoms. The van der Waals surface area contributed by atoms with Crippen LogP contribution in [0.15, 0.2) is 59.7 Å². The van der Waals surface area contributed by atoms with Crippen LogP contribution in [0.4, 0.5) is 29.2 Å². The zero-order chi connectivity index (χ0) is 33.1. The van der Waals surface area contributed by atoms with Crippen LogP contribution in [-0.2, 0) is 16.6 Å². The fourth-order valence-electron chi connectivity index (χ4n) is 4.53. The van der Waals surface area contributed by atoms with Crippen LogP contribution in [-0.4, -0.2) is 68.6 Å². The number of piperazine rings is 1. The number of imidazole rings is 1. The van der Waals surface area contributed by atoms with Crippen molar-refractivity contribution in [1.82, 2.24) is 19.4 Å². The highest BCUT2D eigenvalue weighted by Gasteiger charge is 2.38. The molecule has 1 aliphatic heterocycles. The first-order valence-electron chi connectivity index (χ1n) is 13.3. The molecule has 1 aliphatic rings. The van der Waals surface area contributed by atoms with E-state index >= 15 is 0 Å². The van der Waals surface area contributed by atoms with Crippen molar-refractivity contribution in [1.29, 1.82) is 0 Å². The number of amides is 1. The molecule has 2 aromatic heterocycles. The maximum Gasteiger partial charge on any atom is 0.490 e. The number of phenolic OH excluding ortho intramolecular Hbond substituents is 1. The molecule has 4 aromatic rings. The number of hydrogen-bond acceptors (Lipinski definition) is 7. The second kappa shape index (κ2) is 13.4. The lowest BCUT2D eigenvalue weighted by molar-refractivity contribution is -0.192. The van der Waals surface area contributed by atoms with E-state index in [9.17, 15) is 32.3 Å². The van der Waals surface area contributed by atoms with Crippen molar-refractivity contribution < 1.29 is 37.4 Å². The molecule has 11 nitrogen and oxygen atoms in total. The van der Waals surface area contributed by atoms with Gasteiger partial charge < -0.3 is 30.3 Å². The first kappa shape index (κ1) is 33.0. The smallest absolute Gasteiger partial charge is 0.490 e. The zero-order valence-electron chi connectivity index (χ0n) is 23.8. The number of carboxylic acids is 1. The summed E-state index contributed by atoms with van der Waals surface area (Å²) in [4.78, 5) is 39.6. The highest BCUT2D eigenvalue weighted by molar-refractivity contribution is 6.32. The van der Waals surface area contributed by atoms with Crippen LogP contribution in [0.2, 0.25) is 5.02 Å².